The van der Waals surface area contributed by atoms with Gasteiger partial charge in [-0.2, -0.15) is 0 Å². The van der Waals surface area contributed by atoms with Gasteiger partial charge < -0.3 is 15.5 Å². The Morgan fingerprint density at radius 2 is 2.00 bits per heavy atom. The Bertz CT molecular complexity index is 176. The van der Waals surface area contributed by atoms with E-state index in [9.17, 15) is 15.0 Å². The summed E-state index contributed by atoms with van der Waals surface area (Å²) in [5.74, 6) is -0.0659. The van der Waals surface area contributed by atoms with Crippen molar-refractivity contribution >= 4 is 5.91 Å². The van der Waals surface area contributed by atoms with E-state index in [0.29, 0.717) is 19.6 Å². The van der Waals surface area contributed by atoms with Gasteiger partial charge >= 0.3 is 0 Å². The first-order chi connectivity index (χ1) is 6.13. The summed E-state index contributed by atoms with van der Waals surface area (Å²) in [6.07, 6.45) is -1.43. The standard InChI is InChI=1S/C8H16N2O3/c1-2-9-8(13)5-10-3-6(11)7(12)4-10/h6-7,11-12H,2-5H2,1H3,(H,9,13). The number of carbonyl (C=O) groups excluding carboxylic acids is 1. The van der Waals surface area contributed by atoms with Crippen LogP contribution in [0.1, 0.15) is 6.92 Å². The van der Waals surface area contributed by atoms with Gasteiger partial charge in [0, 0.05) is 19.6 Å². The number of rotatable bonds is 3. The molecule has 0 aromatic rings. The molecule has 0 aromatic heterocycles. The quantitative estimate of drug-likeness (QED) is 0.486. The number of aliphatic hydroxyl groups excluding tert-OH is 2. The molecule has 0 bridgehead atoms. The molecule has 0 spiro atoms. The molecule has 2 atom stereocenters. The highest BCUT2D eigenvalue weighted by Crippen LogP contribution is 2.08. The number of amides is 1. The molecule has 0 aromatic carbocycles. The zero-order chi connectivity index (χ0) is 9.84. The van der Waals surface area contributed by atoms with Crippen molar-refractivity contribution in [1.29, 1.82) is 0 Å². The van der Waals surface area contributed by atoms with Crippen molar-refractivity contribution in [1.82, 2.24) is 10.2 Å². The van der Waals surface area contributed by atoms with Crippen LogP contribution in [0, 0.1) is 0 Å². The molecule has 2 unspecified atom stereocenters. The molecule has 1 aliphatic rings. The number of β-amino-alcohol motifs (C(OH)–C–C–N with tert-alkyl or cyclic N) is 2. The number of nitrogens with zero attached hydrogens (tertiary/aromatic N) is 1. The number of hydrogen-bond acceptors (Lipinski definition) is 4. The molecular formula is C8H16N2O3. The van der Waals surface area contributed by atoms with Gasteiger partial charge in [0.15, 0.2) is 0 Å². The molecule has 1 rings (SSSR count). The van der Waals surface area contributed by atoms with Gasteiger partial charge in [0.2, 0.25) is 5.91 Å². The molecule has 5 nitrogen and oxygen atoms in total. The van der Waals surface area contributed by atoms with Gasteiger partial charge in [-0.25, -0.2) is 0 Å². The highest BCUT2D eigenvalue weighted by atomic mass is 16.3. The smallest absolute Gasteiger partial charge is 0.234 e. The fraction of sp³-hybridized carbons (Fsp3) is 0.875. The van der Waals surface area contributed by atoms with E-state index in [2.05, 4.69) is 5.32 Å². The normalized spacial score (nSPS) is 29.2. The molecule has 3 N–H and O–H groups in total. The Hall–Kier alpha value is -0.650. The number of likely N-dealkylation sites (N-methyl/N-ethyl adjacent to an activating group) is 1. The zero-order valence-electron chi connectivity index (χ0n) is 7.73. The van der Waals surface area contributed by atoms with Crippen LogP contribution < -0.4 is 5.32 Å². The van der Waals surface area contributed by atoms with Crippen LogP contribution in [0.15, 0.2) is 0 Å². The number of nitrogens with one attached hydrogen (secondary N) is 1. The van der Waals surface area contributed by atoms with Crippen LogP contribution in [-0.2, 0) is 4.79 Å². The molecule has 1 fully saturated rings. The van der Waals surface area contributed by atoms with Crippen molar-refractivity contribution < 1.29 is 15.0 Å². The Balaban J connectivity index is 2.27. The van der Waals surface area contributed by atoms with Gasteiger partial charge in [-0.3, -0.25) is 9.69 Å². The molecule has 76 valence electrons. The average Bonchev–Trinajstić information content (AvgIpc) is 2.31. The van der Waals surface area contributed by atoms with Crippen LogP contribution in [0.4, 0.5) is 0 Å². The van der Waals surface area contributed by atoms with Gasteiger partial charge in [-0.15, -0.1) is 0 Å². The molecule has 0 saturated carbocycles. The Labute approximate surface area is 77.3 Å². The molecule has 13 heavy (non-hydrogen) atoms. The van der Waals surface area contributed by atoms with Gasteiger partial charge in [-0.05, 0) is 6.92 Å². The van der Waals surface area contributed by atoms with E-state index in [-0.39, 0.29) is 12.5 Å². The number of aliphatic hydroxyl groups is 2. The fourth-order valence-corrected chi connectivity index (χ4v) is 1.43. The molecule has 1 saturated heterocycles. The third-order valence-electron chi connectivity index (χ3n) is 2.08. The first-order valence-electron chi connectivity index (χ1n) is 4.48. The van der Waals surface area contributed by atoms with Crippen LogP contribution in [-0.4, -0.2) is 59.4 Å². The number of carbonyl (C=O) groups is 1. The topological polar surface area (TPSA) is 72.8 Å². The SMILES string of the molecule is CCNC(=O)CN1CC(O)C(O)C1. The zero-order valence-corrected chi connectivity index (χ0v) is 7.73. The van der Waals surface area contributed by atoms with Gasteiger partial charge in [0.1, 0.15) is 0 Å². The van der Waals surface area contributed by atoms with E-state index in [4.69, 9.17) is 0 Å². The minimum atomic E-state index is -0.713. The maximum atomic E-state index is 11.1. The highest BCUT2D eigenvalue weighted by Gasteiger charge is 2.30. The van der Waals surface area contributed by atoms with Gasteiger partial charge in [0.25, 0.3) is 0 Å². The largest absolute Gasteiger partial charge is 0.389 e. The molecular weight excluding hydrogens is 172 g/mol. The van der Waals surface area contributed by atoms with Crippen LogP contribution in [0.25, 0.3) is 0 Å². The average molecular weight is 188 g/mol. The molecule has 0 aliphatic carbocycles. The number of likely N-dealkylation sites (tertiary alicyclic amines) is 1. The van der Waals surface area contributed by atoms with E-state index in [1.165, 1.54) is 0 Å². The van der Waals surface area contributed by atoms with E-state index in [1.54, 1.807) is 4.90 Å². The third-order valence-corrected chi connectivity index (χ3v) is 2.08. The lowest BCUT2D eigenvalue weighted by molar-refractivity contribution is -0.122. The van der Waals surface area contributed by atoms with Crippen molar-refractivity contribution in [2.75, 3.05) is 26.2 Å². The lowest BCUT2D eigenvalue weighted by atomic mass is 10.3. The summed E-state index contributed by atoms with van der Waals surface area (Å²) in [6.45, 7) is 3.46. The Morgan fingerprint density at radius 3 is 2.46 bits per heavy atom. The second-order valence-corrected chi connectivity index (χ2v) is 3.28. The van der Waals surface area contributed by atoms with Crippen molar-refractivity contribution in [2.45, 2.75) is 19.1 Å². The lowest BCUT2D eigenvalue weighted by Crippen LogP contribution is -2.36. The van der Waals surface area contributed by atoms with Crippen molar-refractivity contribution in [3.8, 4) is 0 Å². The predicted molar refractivity (Wildman–Crippen MR) is 47.1 cm³/mol. The van der Waals surface area contributed by atoms with E-state index in [0.717, 1.165) is 0 Å². The summed E-state index contributed by atoms with van der Waals surface area (Å²) in [4.78, 5) is 12.8. The first kappa shape index (κ1) is 10.4. The maximum absolute atomic E-state index is 11.1. The predicted octanol–water partition coefficient (Wildman–Crippen LogP) is -1.84. The van der Waals surface area contributed by atoms with Crippen LogP contribution >= 0.6 is 0 Å². The van der Waals surface area contributed by atoms with Crippen LogP contribution in [0.2, 0.25) is 0 Å². The fourth-order valence-electron chi connectivity index (χ4n) is 1.43. The van der Waals surface area contributed by atoms with Gasteiger partial charge in [-0.1, -0.05) is 0 Å². The van der Waals surface area contributed by atoms with E-state index >= 15 is 0 Å². The van der Waals surface area contributed by atoms with Crippen molar-refractivity contribution in [3.05, 3.63) is 0 Å². The second-order valence-electron chi connectivity index (χ2n) is 3.28. The molecule has 5 heteroatoms. The summed E-state index contributed by atoms with van der Waals surface area (Å²) in [6, 6.07) is 0. The molecule has 0 radical (unpaired) electrons. The van der Waals surface area contributed by atoms with Crippen molar-refractivity contribution in [2.24, 2.45) is 0 Å². The molecule has 1 amide bonds. The summed E-state index contributed by atoms with van der Waals surface area (Å²) in [5.41, 5.74) is 0. The van der Waals surface area contributed by atoms with E-state index in [1.807, 2.05) is 6.92 Å². The summed E-state index contributed by atoms with van der Waals surface area (Å²) < 4.78 is 0. The summed E-state index contributed by atoms with van der Waals surface area (Å²) >= 11 is 0. The van der Waals surface area contributed by atoms with Crippen molar-refractivity contribution in [3.63, 3.8) is 0 Å². The minimum absolute atomic E-state index is 0.0659. The molecule has 1 heterocycles. The number of hydrogen-bond donors (Lipinski definition) is 3. The Morgan fingerprint density at radius 1 is 1.46 bits per heavy atom. The third kappa shape index (κ3) is 2.95. The lowest BCUT2D eigenvalue weighted by Gasteiger charge is -2.13. The van der Waals surface area contributed by atoms with Crippen LogP contribution in [0.5, 0.6) is 0 Å². The summed E-state index contributed by atoms with van der Waals surface area (Å²) in [5, 5.41) is 21.0. The first-order valence-corrected chi connectivity index (χ1v) is 4.48. The van der Waals surface area contributed by atoms with E-state index < -0.39 is 12.2 Å². The van der Waals surface area contributed by atoms with Gasteiger partial charge in [0.05, 0.1) is 18.8 Å². The second kappa shape index (κ2) is 4.55. The van der Waals surface area contributed by atoms with Crippen LogP contribution in [0.3, 0.4) is 0 Å². The maximum Gasteiger partial charge on any atom is 0.234 e. The summed E-state index contributed by atoms with van der Waals surface area (Å²) in [7, 11) is 0. The molecule has 1 aliphatic heterocycles. The monoisotopic (exact) mass is 188 g/mol. The highest BCUT2D eigenvalue weighted by molar-refractivity contribution is 5.77. The Kier molecular flexibility index (Phi) is 3.65. The minimum Gasteiger partial charge on any atom is -0.389 e.